The Hall–Kier alpha value is -1.97. The van der Waals surface area contributed by atoms with Crippen LogP contribution in [0.2, 0.25) is 0 Å². The first-order valence-corrected chi connectivity index (χ1v) is 12.6. The molecule has 0 unspecified atom stereocenters. The summed E-state index contributed by atoms with van der Waals surface area (Å²) in [5.74, 6) is 0.376. The fraction of sp³-hybridized carbons (Fsp3) is 0.567. The van der Waals surface area contributed by atoms with Crippen LogP contribution in [0.5, 0.6) is 0 Å². The van der Waals surface area contributed by atoms with Crippen LogP contribution in [0, 0.1) is 5.41 Å². The van der Waals surface area contributed by atoms with E-state index in [2.05, 4.69) is 65.5 Å². The van der Waals surface area contributed by atoms with E-state index in [0.717, 1.165) is 64.9 Å². The van der Waals surface area contributed by atoms with Crippen molar-refractivity contribution in [3.05, 3.63) is 70.0 Å². The van der Waals surface area contributed by atoms with Crippen LogP contribution in [0.3, 0.4) is 0 Å². The number of benzene rings is 1. The summed E-state index contributed by atoms with van der Waals surface area (Å²) in [5, 5.41) is 20.8. The molecular weight excluding hydrogens is 406 g/mol. The number of hydrogen-bond acceptors (Lipinski definition) is 2. The third-order valence-corrected chi connectivity index (χ3v) is 7.67. The molecule has 1 aromatic heterocycles. The van der Waals surface area contributed by atoms with Gasteiger partial charge in [0.1, 0.15) is 6.10 Å². The summed E-state index contributed by atoms with van der Waals surface area (Å²) in [6.45, 7) is 17.5. The van der Waals surface area contributed by atoms with Crippen LogP contribution >= 0.6 is 0 Å². The first kappa shape index (κ1) is 24.2. The number of pyridine rings is 1. The van der Waals surface area contributed by atoms with E-state index in [1.54, 1.807) is 0 Å². The van der Waals surface area contributed by atoms with Gasteiger partial charge in [-0.1, -0.05) is 78.3 Å². The van der Waals surface area contributed by atoms with Crippen molar-refractivity contribution >= 4 is 5.57 Å². The van der Waals surface area contributed by atoms with E-state index in [-0.39, 0.29) is 16.9 Å². The molecule has 0 spiro atoms. The molecule has 0 bridgehead atoms. The molecule has 0 amide bonds. The van der Waals surface area contributed by atoms with Crippen molar-refractivity contribution in [2.45, 2.75) is 104 Å². The van der Waals surface area contributed by atoms with Gasteiger partial charge in [-0.15, -0.1) is 0 Å². The molecule has 1 heterocycles. The van der Waals surface area contributed by atoms with Gasteiger partial charge in [-0.3, -0.25) is 4.98 Å². The van der Waals surface area contributed by atoms with Gasteiger partial charge >= 0.3 is 0 Å². The number of allylic oxidation sites excluding steroid dienone is 1. The van der Waals surface area contributed by atoms with Crippen molar-refractivity contribution in [3.63, 3.8) is 0 Å². The highest BCUT2D eigenvalue weighted by Gasteiger charge is 2.40. The van der Waals surface area contributed by atoms with Crippen LogP contribution in [0.25, 0.3) is 5.57 Å². The summed E-state index contributed by atoms with van der Waals surface area (Å²) >= 11 is 0. The normalized spacial score (nSPS) is 21.6. The molecule has 2 aromatic rings. The minimum atomic E-state index is -0.763. The zero-order valence-corrected chi connectivity index (χ0v) is 21.4. The van der Waals surface area contributed by atoms with Crippen LogP contribution in [-0.2, 0) is 11.8 Å². The average molecular weight is 449 g/mol. The van der Waals surface area contributed by atoms with Gasteiger partial charge in [-0.25, -0.2) is 0 Å². The Kier molecular flexibility index (Phi) is 6.35. The van der Waals surface area contributed by atoms with Gasteiger partial charge in [0, 0.05) is 17.9 Å². The van der Waals surface area contributed by atoms with E-state index in [9.17, 15) is 5.11 Å². The number of rotatable bonds is 4. The van der Waals surface area contributed by atoms with Crippen LogP contribution in [-0.4, -0.2) is 15.2 Å². The van der Waals surface area contributed by atoms with E-state index < -0.39 is 6.10 Å². The predicted octanol–water partition coefficient (Wildman–Crippen LogP) is 6.89. The summed E-state index contributed by atoms with van der Waals surface area (Å²) in [5.41, 5.74) is 8.25. The van der Waals surface area contributed by atoms with Crippen molar-refractivity contribution in [1.29, 1.82) is 0 Å². The highest BCUT2D eigenvalue weighted by molar-refractivity contribution is 5.71. The molecule has 1 fully saturated rings. The van der Waals surface area contributed by atoms with Gasteiger partial charge in [0.2, 0.25) is 0 Å². The second kappa shape index (κ2) is 8.67. The van der Waals surface area contributed by atoms with E-state index in [1.165, 1.54) is 18.4 Å². The lowest BCUT2D eigenvalue weighted by Crippen LogP contribution is -2.29. The largest absolute Gasteiger partial charge is 0.440 e. The van der Waals surface area contributed by atoms with E-state index >= 15 is 0 Å². The van der Waals surface area contributed by atoms with E-state index in [0.29, 0.717) is 5.92 Å². The van der Waals surface area contributed by atoms with Gasteiger partial charge in [-0.2, -0.15) is 0 Å². The average Bonchev–Trinajstić information content (AvgIpc) is 3.25. The zero-order valence-electron chi connectivity index (χ0n) is 21.4. The molecule has 4 rings (SSSR count). The minimum absolute atomic E-state index is 0.0641. The Morgan fingerprint density at radius 3 is 2.30 bits per heavy atom. The molecular formula is C30H42NO2+. The van der Waals surface area contributed by atoms with Crippen LogP contribution in [0.15, 0.2) is 30.8 Å². The molecule has 3 heteroatoms. The smallest absolute Gasteiger partial charge is 0.182 e. The maximum Gasteiger partial charge on any atom is 0.182 e. The molecule has 1 saturated carbocycles. The molecule has 33 heavy (non-hydrogen) atoms. The number of aromatic nitrogens is 1. The highest BCUT2D eigenvalue weighted by Crippen LogP contribution is 2.48. The SMILES string of the molecule is C=C(C)c1c([C@@H](O)c2ccc(C(C)(C)C)cc2)c(C2CCCC2)nc2c1[C@@H]([OH2+])CC(C)(C)C2. The van der Waals surface area contributed by atoms with Gasteiger partial charge in [0.05, 0.1) is 17.0 Å². The Morgan fingerprint density at radius 1 is 1.15 bits per heavy atom. The Labute approximate surface area is 200 Å². The molecule has 2 aliphatic carbocycles. The van der Waals surface area contributed by atoms with Crippen molar-refractivity contribution < 1.29 is 10.2 Å². The van der Waals surface area contributed by atoms with Gasteiger partial charge in [0.15, 0.2) is 6.10 Å². The predicted molar refractivity (Wildman–Crippen MR) is 138 cm³/mol. The molecule has 2 aliphatic rings. The maximum absolute atomic E-state index is 11.8. The van der Waals surface area contributed by atoms with E-state index in [4.69, 9.17) is 10.1 Å². The van der Waals surface area contributed by atoms with Crippen molar-refractivity contribution in [2.75, 3.05) is 0 Å². The quantitative estimate of drug-likeness (QED) is 0.518. The number of nitrogens with zero attached hydrogens (tertiary/aromatic N) is 1. The minimum Gasteiger partial charge on any atom is -0.440 e. The van der Waals surface area contributed by atoms with Crippen molar-refractivity contribution in [2.24, 2.45) is 5.41 Å². The summed E-state index contributed by atoms with van der Waals surface area (Å²) in [6.07, 6.45) is 5.27. The summed E-state index contributed by atoms with van der Waals surface area (Å²) in [4.78, 5) is 5.27. The lowest BCUT2D eigenvalue weighted by atomic mass is 9.71. The highest BCUT2D eigenvalue weighted by atomic mass is 16.3. The molecule has 0 aliphatic heterocycles. The number of aliphatic hydroxyl groups excluding tert-OH is 1. The fourth-order valence-electron chi connectivity index (χ4n) is 5.95. The Balaban J connectivity index is 1.92. The van der Waals surface area contributed by atoms with Gasteiger partial charge in [-0.05, 0) is 59.3 Å². The molecule has 2 atom stereocenters. The summed E-state index contributed by atoms with van der Waals surface area (Å²) in [6, 6.07) is 8.39. The molecule has 3 nitrogen and oxygen atoms in total. The lowest BCUT2D eigenvalue weighted by Gasteiger charge is -2.35. The summed E-state index contributed by atoms with van der Waals surface area (Å²) < 4.78 is 0. The summed E-state index contributed by atoms with van der Waals surface area (Å²) in [7, 11) is 0. The molecule has 0 radical (unpaired) electrons. The fourth-order valence-corrected chi connectivity index (χ4v) is 5.95. The Morgan fingerprint density at radius 2 is 1.76 bits per heavy atom. The van der Waals surface area contributed by atoms with Crippen LogP contribution < -0.4 is 0 Å². The van der Waals surface area contributed by atoms with Crippen molar-refractivity contribution in [3.8, 4) is 0 Å². The molecule has 178 valence electrons. The van der Waals surface area contributed by atoms with Gasteiger partial charge < -0.3 is 10.2 Å². The van der Waals surface area contributed by atoms with Gasteiger partial charge in [0.25, 0.3) is 0 Å². The van der Waals surface area contributed by atoms with Crippen LogP contribution in [0.4, 0.5) is 0 Å². The van der Waals surface area contributed by atoms with E-state index in [1.807, 2.05) is 6.92 Å². The second-order valence-corrected chi connectivity index (χ2v) is 12.3. The monoisotopic (exact) mass is 448 g/mol. The molecule has 3 N–H and O–H groups in total. The third-order valence-electron chi connectivity index (χ3n) is 7.67. The third kappa shape index (κ3) is 4.68. The number of aliphatic hydroxyl groups is 1. The second-order valence-electron chi connectivity index (χ2n) is 12.3. The number of fused-ring (bicyclic) bond motifs is 1. The maximum atomic E-state index is 11.8. The zero-order chi connectivity index (χ0) is 24.1. The molecule has 0 saturated heterocycles. The topological polar surface area (TPSA) is 56.0 Å². The standard InChI is InChI=1S/C30H41NO2/c1-18(2)24-25-22(16-30(6,7)17-23(25)32)31-27(19-10-8-9-11-19)26(24)28(33)20-12-14-21(15-13-20)29(3,4)5/h12-15,19,23,28,32-33H,1,8-11,16-17H2,2-7H3/p+1/t23-,28-/m0/s1. The first-order valence-electron chi connectivity index (χ1n) is 12.6. The number of hydrogen-bond donors (Lipinski definition) is 1. The lowest BCUT2D eigenvalue weighted by molar-refractivity contribution is 0.0972. The Bertz CT molecular complexity index is 1040. The molecule has 1 aromatic carbocycles. The van der Waals surface area contributed by atoms with Crippen LogP contribution in [0.1, 0.15) is 131 Å². The first-order chi connectivity index (χ1) is 15.4. The van der Waals surface area contributed by atoms with Crippen molar-refractivity contribution in [1.82, 2.24) is 4.98 Å².